The third-order valence-electron chi connectivity index (χ3n) is 3.75. The van der Waals surface area contributed by atoms with Gasteiger partial charge in [-0.25, -0.2) is 0 Å². The molecule has 0 radical (unpaired) electrons. The molecule has 0 aliphatic carbocycles. The van der Waals surface area contributed by atoms with Gasteiger partial charge in [0.1, 0.15) is 5.60 Å². The molecule has 1 unspecified atom stereocenters. The maximum Gasteiger partial charge on any atom is 0.191 e. The Morgan fingerprint density at radius 2 is 1.75 bits per heavy atom. The van der Waals surface area contributed by atoms with Crippen molar-refractivity contribution in [3.63, 3.8) is 0 Å². The fraction of sp³-hybridized carbons (Fsp3) is 0.632. The molecule has 0 fully saturated rings. The minimum atomic E-state index is -0.948. The van der Waals surface area contributed by atoms with Gasteiger partial charge in [-0.15, -0.1) is 0 Å². The average Bonchev–Trinajstić information content (AvgIpc) is 2.50. The summed E-state index contributed by atoms with van der Waals surface area (Å²) >= 11 is 0. The van der Waals surface area contributed by atoms with Crippen LogP contribution in [0.5, 0.6) is 0 Å². The van der Waals surface area contributed by atoms with Gasteiger partial charge in [-0.3, -0.25) is 4.99 Å². The normalized spacial score (nSPS) is 15.2. The SMILES string of the molecule is CCNC(=NCC(C)(C)CN(C)C)NCC(C)(O)c1ccccc1. The van der Waals surface area contributed by atoms with Crippen LogP contribution in [0.25, 0.3) is 0 Å². The minimum Gasteiger partial charge on any atom is -0.384 e. The number of aliphatic hydroxyl groups is 1. The standard InChI is InChI=1S/C19H34N4O/c1-7-20-17(21-13-18(2,3)15-23(5)6)22-14-19(4,24)16-11-9-8-10-12-16/h8-12,24H,7,13-15H2,1-6H3,(H2,20,21,22). The number of nitrogens with zero attached hydrogens (tertiary/aromatic N) is 2. The Bertz CT molecular complexity index is 509. The van der Waals surface area contributed by atoms with Gasteiger partial charge in [0.25, 0.3) is 0 Å². The van der Waals surface area contributed by atoms with Gasteiger partial charge < -0.3 is 20.6 Å². The van der Waals surface area contributed by atoms with Crippen molar-refractivity contribution in [2.45, 2.75) is 33.3 Å². The van der Waals surface area contributed by atoms with Crippen LogP contribution in [0.15, 0.2) is 35.3 Å². The lowest BCUT2D eigenvalue weighted by molar-refractivity contribution is 0.0617. The molecule has 136 valence electrons. The first-order valence-corrected chi connectivity index (χ1v) is 8.61. The van der Waals surface area contributed by atoms with Crippen LogP contribution in [-0.4, -0.2) is 56.2 Å². The van der Waals surface area contributed by atoms with E-state index in [4.69, 9.17) is 4.99 Å². The Morgan fingerprint density at radius 1 is 1.12 bits per heavy atom. The summed E-state index contributed by atoms with van der Waals surface area (Å²) in [6.45, 7) is 11.1. The quantitative estimate of drug-likeness (QED) is 0.503. The molecule has 24 heavy (non-hydrogen) atoms. The lowest BCUT2D eigenvalue weighted by Gasteiger charge is -2.28. The van der Waals surface area contributed by atoms with Crippen LogP contribution in [-0.2, 0) is 5.60 Å². The fourth-order valence-corrected chi connectivity index (χ4v) is 2.70. The molecule has 0 aliphatic heterocycles. The second kappa shape index (κ2) is 9.04. The Hall–Kier alpha value is -1.59. The van der Waals surface area contributed by atoms with Gasteiger partial charge in [0, 0.05) is 19.6 Å². The molecule has 0 saturated carbocycles. The zero-order valence-electron chi connectivity index (χ0n) is 16.1. The molecular formula is C19H34N4O. The van der Waals surface area contributed by atoms with E-state index in [1.54, 1.807) is 0 Å². The van der Waals surface area contributed by atoms with Gasteiger partial charge in [0.15, 0.2) is 5.96 Å². The van der Waals surface area contributed by atoms with Crippen molar-refractivity contribution in [1.82, 2.24) is 15.5 Å². The second-order valence-corrected chi connectivity index (χ2v) is 7.59. The molecule has 1 rings (SSSR count). The van der Waals surface area contributed by atoms with Crippen molar-refractivity contribution in [2.24, 2.45) is 10.4 Å². The molecule has 0 saturated heterocycles. The largest absolute Gasteiger partial charge is 0.384 e. The molecule has 0 aliphatic rings. The summed E-state index contributed by atoms with van der Waals surface area (Å²) in [6.07, 6.45) is 0. The summed E-state index contributed by atoms with van der Waals surface area (Å²) in [5.74, 6) is 0.737. The predicted molar refractivity (Wildman–Crippen MR) is 102 cm³/mol. The number of hydrogen-bond donors (Lipinski definition) is 3. The van der Waals surface area contributed by atoms with Crippen molar-refractivity contribution >= 4 is 5.96 Å². The third-order valence-corrected chi connectivity index (χ3v) is 3.75. The van der Waals surface area contributed by atoms with E-state index in [0.29, 0.717) is 13.1 Å². The van der Waals surface area contributed by atoms with Gasteiger partial charge in [-0.05, 0) is 38.9 Å². The Balaban J connectivity index is 2.70. The monoisotopic (exact) mass is 334 g/mol. The number of aliphatic imine (C=N–C) groups is 1. The molecule has 1 atom stereocenters. The number of nitrogens with one attached hydrogen (secondary N) is 2. The highest BCUT2D eigenvalue weighted by molar-refractivity contribution is 5.79. The molecule has 1 aromatic carbocycles. The Kier molecular flexibility index (Phi) is 7.70. The van der Waals surface area contributed by atoms with Crippen molar-refractivity contribution in [3.8, 4) is 0 Å². The van der Waals surface area contributed by atoms with Crippen molar-refractivity contribution in [3.05, 3.63) is 35.9 Å². The zero-order chi connectivity index (χ0) is 18.2. The first-order valence-electron chi connectivity index (χ1n) is 8.61. The molecule has 1 aromatic rings. The van der Waals surface area contributed by atoms with E-state index in [2.05, 4.69) is 43.5 Å². The summed E-state index contributed by atoms with van der Waals surface area (Å²) in [4.78, 5) is 6.87. The lowest BCUT2D eigenvalue weighted by Crippen LogP contribution is -2.45. The van der Waals surface area contributed by atoms with E-state index in [0.717, 1.165) is 24.6 Å². The molecule has 3 N–H and O–H groups in total. The molecule has 0 heterocycles. The molecule has 0 bridgehead atoms. The van der Waals surface area contributed by atoms with Crippen LogP contribution in [0.2, 0.25) is 0 Å². The summed E-state index contributed by atoms with van der Waals surface area (Å²) in [7, 11) is 4.15. The first kappa shape index (κ1) is 20.5. The van der Waals surface area contributed by atoms with E-state index in [-0.39, 0.29) is 5.41 Å². The molecule has 0 spiro atoms. The minimum absolute atomic E-state index is 0.0911. The van der Waals surface area contributed by atoms with Crippen LogP contribution in [0.3, 0.4) is 0 Å². The van der Waals surface area contributed by atoms with Crippen LogP contribution >= 0.6 is 0 Å². The number of guanidine groups is 1. The van der Waals surface area contributed by atoms with Crippen LogP contribution in [0.1, 0.15) is 33.3 Å². The topological polar surface area (TPSA) is 59.9 Å². The van der Waals surface area contributed by atoms with Gasteiger partial charge in [-0.2, -0.15) is 0 Å². The van der Waals surface area contributed by atoms with Gasteiger partial charge in [0.05, 0.1) is 6.54 Å². The third kappa shape index (κ3) is 7.32. The summed E-state index contributed by atoms with van der Waals surface area (Å²) < 4.78 is 0. The first-order chi connectivity index (χ1) is 11.2. The lowest BCUT2D eigenvalue weighted by atomic mass is 9.93. The van der Waals surface area contributed by atoms with Crippen molar-refractivity contribution in [1.29, 1.82) is 0 Å². The van der Waals surface area contributed by atoms with E-state index in [1.165, 1.54) is 0 Å². The molecular weight excluding hydrogens is 300 g/mol. The van der Waals surface area contributed by atoms with Gasteiger partial charge >= 0.3 is 0 Å². The Morgan fingerprint density at radius 3 is 2.29 bits per heavy atom. The maximum atomic E-state index is 10.7. The van der Waals surface area contributed by atoms with E-state index in [1.807, 2.05) is 44.2 Å². The van der Waals surface area contributed by atoms with Crippen LogP contribution < -0.4 is 10.6 Å². The highest BCUT2D eigenvalue weighted by Gasteiger charge is 2.23. The van der Waals surface area contributed by atoms with E-state index >= 15 is 0 Å². The summed E-state index contributed by atoms with van der Waals surface area (Å²) in [5, 5.41) is 17.2. The van der Waals surface area contributed by atoms with Crippen LogP contribution in [0.4, 0.5) is 0 Å². The molecule has 5 nitrogen and oxygen atoms in total. The fourth-order valence-electron chi connectivity index (χ4n) is 2.70. The summed E-state index contributed by atoms with van der Waals surface area (Å²) in [5.41, 5.74) is 0.0333. The molecule has 5 heteroatoms. The van der Waals surface area contributed by atoms with Crippen molar-refractivity contribution < 1.29 is 5.11 Å². The Labute approximate surface area is 147 Å². The smallest absolute Gasteiger partial charge is 0.191 e. The highest BCUT2D eigenvalue weighted by Crippen LogP contribution is 2.19. The highest BCUT2D eigenvalue weighted by atomic mass is 16.3. The number of benzene rings is 1. The number of rotatable bonds is 8. The molecule has 0 aromatic heterocycles. The zero-order valence-corrected chi connectivity index (χ0v) is 16.1. The van der Waals surface area contributed by atoms with Crippen LogP contribution in [0, 0.1) is 5.41 Å². The van der Waals surface area contributed by atoms with Crippen molar-refractivity contribution in [2.75, 3.05) is 40.3 Å². The maximum absolute atomic E-state index is 10.7. The van der Waals surface area contributed by atoms with Gasteiger partial charge in [0.2, 0.25) is 0 Å². The van der Waals surface area contributed by atoms with Gasteiger partial charge in [-0.1, -0.05) is 44.2 Å². The van der Waals surface area contributed by atoms with E-state index in [9.17, 15) is 5.11 Å². The predicted octanol–water partition coefficient (Wildman–Crippen LogP) is 2.04. The molecule has 0 amide bonds. The second-order valence-electron chi connectivity index (χ2n) is 7.59. The van der Waals surface area contributed by atoms with E-state index < -0.39 is 5.60 Å². The number of hydrogen-bond acceptors (Lipinski definition) is 3. The summed E-state index contributed by atoms with van der Waals surface area (Å²) in [6, 6.07) is 9.70. The average molecular weight is 335 g/mol.